The van der Waals surface area contributed by atoms with Crippen molar-refractivity contribution in [2.75, 3.05) is 38.5 Å². The van der Waals surface area contributed by atoms with Crippen molar-refractivity contribution in [3.63, 3.8) is 0 Å². The fourth-order valence-electron chi connectivity index (χ4n) is 2.62. The molecule has 0 spiro atoms. The number of thioether (sulfide) groups is 1. The Kier molecular flexibility index (Phi) is 7.20. The van der Waals surface area contributed by atoms with Gasteiger partial charge in [-0.2, -0.15) is 11.8 Å². The summed E-state index contributed by atoms with van der Waals surface area (Å²) in [6.07, 6.45) is 3.81. The molecule has 0 aromatic rings. The third-order valence-electron chi connectivity index (χ3n) is 4.37. The summed E-state index contributed by atoms with van der Waals surface area (Å²) in [5, 5.41) is 3.62. The van der Waals surface area contributed by atoms with E-state index in [0.717, 1.165) is 13.1 Å². The van der Waals surface area contributed by atoms with Gasteiger partial charge in [0.05, 0.1) is 0 Å². The minimum absolute atomic E-state index is 0.425. The van der Waals surface area contributed by atoms with Crippen LogP contribution < -0.4 is 5.32 Å². The highest BCUT2D eigenvalue weighted by Crippen LogP contribution is 2.32. The largest absolute Gasteiger partial charge is 0.316 e. The molecule has 1 aliphatic heterocycles. The molecule has 1 unspecified atom stereocenters. The van der Waals surface area contributed by atoms with Crippen molar-refractivity contribution in [3.05, 3.63) is 0 Å². The van der Waals surface area contributed by atoms with Crippen molar-refractivity contribution >= 4 is 11.8 Å². The zero-order chi connectivity index (χ0) is 14.4. The van der Waals surface area contributed by atoms with Crippen molar-refractivity contribution in [1.29, 1.82) is 0 Å². The lowest BCUT2D eigenvalue weighted by Crippen LogP contribution is -2.43. The molecule has 0 aliphatic carbocycles. The Balaban J connectivity index is 2.45. The van der Waals surface area contributed by atoms with E-state index < -0.39 is 0 Å². The number of nitrogens with one attached hydrogen (secondary N) is 1. The second-order valence-corrected chi connectivity index (χ2v) is 8.78. The first-order chi connectivity index (χ1) is 8.91. The fraction of sp³-hybridized carbons (Fsp3) is 1.00. The minimum atomic E-state index is 0.425. The Labute approximate surface area is 125 Å². The van der Waals surface area contributed by atoms with Crippen LogP contribution in [0, 0.1) is 5.41 Å². The second-order valence-electron chi connectivity index (χ2n) is 6.98. The molecule has 0 radical (unpaired) electrons. The van der Waals surface area contributed by atoms with Gasteiger partial charge in [0, 0.05) is 30.1 Å². The van der Waals surface area contributed by atoms with E-state index in [2.05, 4.69) is 56.6 Å². The highest BCUT2D eigenvalue weighted by molar-refractivity contribution is 8.00. The summed E-state index contributed by atoms with van der Waals surface area (Å²) in [7, 11) is 0. The molecule has 3 heteroatoms. The molecule has 1 N–H and O–H groups in total. The summed E-state index contributed by atoms with van der Waals surface area (Å²) in [4.78, 5) is 2.69. The molecule has 0 bridgehead atoms. The minimum Gasteiger partial charge on any atom is -0.316 e. The van der Waals surface area contributed by atoms with Crippen LogP contribution in [0.1, 0.15) is 53.9 Å². The first-order valence-corrected chi connectivity index (χ1v) is 8.96. The predicted molar refractivity (Wildman–Crippen MR) is 89.2 cm³/mol. The first kappa shape index (κ1) is 17.3. The maximum absolute atomic E-state index is 3.62. The van der Waals surface area contributed by atoms with Gasteiger partial charge in [-0.25, -0.2) is 0 Å². The lowest BCUT2D eigenvalue weighted by molar-refractivity contribution is 0.160. The summed E-state index contributed by atoms with van der Waals surface area (Å²) in [5.41, 5.74) is 0.425. The lowest BCUT2D eigenvalue weighted by Gasteiger charge is -2.35. The van der Waals surface area contributed by atoms with Gasteiger partial charge in [0.1, 0.15) is 0 Å². The molecular formula is C16H34N2S. The Bertz CT molecular complexity index is 255. The van der Waals surface area contributed by atoms with Gasteiger partial charge in [0.2, 0.25) is 0 Å². The normalized spacial score (nSPS) is 23.8. The van der Waals surface area contributed by atoms with Gasteiger partial charge in [-0.05, 0) is 37.8 Å². The topological polar surface area (TPSA) is 15.3 Å². The van der Waals surface area contributed by atoms with Crippen LogP contribution in [0.2, 0.25) is 0 Å². The molecule has 1 rings (SSSR count). The average molecular weight is 287 g/mol. The number of nitrogens with zero attached hydrogens (tertiary/aromatic N) is 1. The average Bonchev–Trinajstić information content (AvgIpc) is 2.51. The number of hydrogen-bond donors (Lipinski definition) is 1. The van der Waals surface area contributed by atoms with E-state index in [0.29, 0.717) is 10.2 Å². The van der Waals surface area contributed by atoms with Gasteiger partial charge in [0.25, 0.3) is 0 Å². The van der Waals surface area contributed by atoms with Crippen molar-refractivity contribution in [1.82, 2.24) is 10.2 Å². The molecule has 1 saturated heterocycles. The Morgan fingerprint density at radius 2 is 2.00 bits per heavy atom. The van der Waals surface area contributed by atoms with Gasteiger partial charge >= 0.3 is 0 Å². The van der Waals surface area contributed by atoms with E-state index in [1.54, 1.807) is 0 Å². The van der Waals surface area contributed by atoms with Crippen molar-refractivity contribution in [2.45, 2.75) is 58.6 Å². The molecule has 1 heterocycles. The smallest absolute Gasteiger partial charge is 0.0116 e. The lowest BCUT2D eigenvalue weighted by atomic mass is 9.86. The first-order valence-electron chi connectivity index (χ1n) is 7.98. The zero-order valence-electron chi connectivity index (χ0n) is 13.7. The van der Waals surface area contributed by atoms with Crippen LogP contribution in [0.4, 0.5) is 0 Å². The van der Waals surface area contributed by atoms with E-state index in [9.17, 15) is 0 Å². The van der Waals surface area contributed by atoms with Crippen LogP contribution in [-0.2, 0) is 0 Å². The molecule has 0 saturated carbocycles. The summed E-state index contributed by atoms with van der Waals surface area (Å²) in [6, 6.07) is 0. The summed E-state index contributed by atoms with van der Waals surface area (Å²) in [5.74, 6) is 1.29. The molecule has 0 aromatic heterocycles. The van der Waals surface area contributed by atoms with Crippen LogP contribution in [0.3, 0.4) is 0 Å². The SMILES string of the molecule is CCCNCC(C)(CC)CN1CCSC(C)(C)CC1. The van der Waals surface area contributed by atoms with Crippen molar-refractivity contribution in [2.24, 2.45) is 5.41 Å². The molecule has 19 heavy (non-hydrogen) atoms. The Morgan fingerprint density at radius 1 is 1.26 bits per heavy atom. The van der Waals surface area contributed by atoms with Crippen molar-refractivity contribution < 1.29 is 0 Å². The maximum Gasteiger partial charge on any atom is 0.0116 e. The van der Waals surface area contributed by atoms with Gasteiger partial charge in [-0.3, -0.25) is 0 Å². The van der Waals surface area contributed by atoms with Gasteiger partial charge in [0.15, 0.2) is 0 Å². The monoisotopic (exact) mass is 286 g/mol. The molecular weight excluding hydrogens is 252 g/mol. The summed E-state index contributed by atoms with van der Waals surface area (Å²) < 4.78 is 0.470. The Morgan fingerprint density at radius 3 is 2.63 bits per heavy atom. The molecule has 0 amide bonds. The van der Waals surface area contributed by atoms with Crippen LogP contribution in [0.25, 0.3) is 0 Å². The van der Waals surface area contributed by atoms with Crippen LogP contribution in [0.15, 0.2) is 0 Å². The summed E-state index contributed by atoms with van der Waals surface area (Å²) >= 11 is 2.14. The predicted octanol–water partition coefficient (Wildman–Crippen LogP) is 3.62. The zero-order valence-corrected chi connectivity index (χ0v) is 14.5. The molecule has 1 fully saturated rings. The van der Waals surface area contributed by atoms with Crippen LogP contribution in [0.5, 0.6) is 0 Å². The molecule has 1 atom stereocenters. The quantitative estimate of drug-likeness (QED) is 0.720. The van der Waals surface area contributed by atoms with E-state index in [-0.39, 0.29) is 0 Å². The third kappa shape index (κ3) is 6.50. The van der Waals surface area contributed by atoms with Gasteiger partial charge < -0.3 is 10.2 Å². The van der Waals surface area contributed by atoms with Crippen LogP contribution >= 0.6 is 11.8 Å². The highest BCUT2D eigenvalue weighted by Gasteiger charge is 2.28. The Hall–Kier alpha value is 0.270. The molecule has 0 aromatic carbocycles. The summed E-state index contributed by atoms with van der Waals surface area (Å²) in [6.45, 7) is 17.9. The second kappa shape index (κ2) is 7.90. The van der Waals surface area contributed by atoms with Crippen LogP contribution in [-0.4, -0.2) is 48.1 Å². The molecule has 2 nitrogen and oxygen atoms in total. The third-order valence-corrected chi connectivity index (χ3v) is 5.74. The molecule has 114 valence electrons. The van der Waals surface area contributed by atoms with E-state index in [4.69, 9.17) is 0 Å². The van der Waals surface area contributed by atoms with Gasteiger partial charge in [-0.1, -0.05) is 34.6 Å². The maximum atomic E-state index is 3.62. The molecule has 1 aliphatic rings. The fourth-order valence-corrected chi connectivity index (χ4v) is 3.76. The van der Waals surface area contributed by atoms with E-state index in [1.807, 2.05) is 0 Å². The van der Waals surface area contributed by atoms with Gasteiger partial charge in [-0.15, -0.1) is 0 Å². The van der Waals surface area contributed by atoms with E-state index in [1.165, 1.54) is 44.6 Å². The van der Waals surface area contributed by atoms with E-state index >= 15 is 0 Å². The number of rotatable bonds is 7. The standard InChI is InChI=1S/C16H34N2S/c1-6-9-17-13-16(5,7-2)14-18-10-8-15(3,4)19-12-11-18/h17H,6-14H2,1-5H3. The number of hydrogen-bond acceptors (Lipinski definition) is 3. The van der Waals surface area contributed by atoms with Crippen molar-refractivity contribution in [3.8, 4) is 0 Å². The highest BCUT2D eigenvalue weighted by atomic mass is 32.2.